The first-order chi connectivity index (χ1) is 12.5. The number of nitrogens with zero attached hydrogens (tertiary/aromatic N) is 3. The Balaban J connectivity index is 0.000000263. The first-order valence-electron chi connectivity index (χ1n) is 8.05. The minimum absolute atomic E-state index is 0.178. The van der Waals surface area contributed by atoms with Gasteiger partial charge >= 0.3 is 5.82 Å². The van der Waals surface area contributed by atoms with Crippen LogP contribution in [0, 0.1) is 10.1 Å². The van der Waals surface area contributed by atoms with Crippen LogP contribution in [0.2, 0.25) is 0 Å². The van der Waals surface area contributed by atoms with Gasteiger partial charge in [0.25, 0.3) is 0 Å². The van der Waals surface area contributed by atoms with Gasteiger partial charge in [-0.15, -0.1) is 6.58 Å². The van der Waals surface area contributed by atoms with Gasteiger partial charge in [-0.2, -0.15) is 0 Å². The minimum atomic E-state index is -0.536. The van der Waals surface area contributed by atoms with Gasteiger partial charge in [-0.3, -0.25) is 0 Å². The summed E-state index contributed by atoms with van der Waals surface area (Å²) in [5, 5.41) is 10.4. The lowest BCUT2D eigenvalue weighted by Gasteiger charge is -2.06. The number of nitrogen functional groups attached to an aromatic ring is 1. The van der Waals surface area contributed by atoms with Crippen molar-refractivity contribution in [2.75, 3.05) is 20.0 Å². The molecule has 0 fully saturated rings. The second-order valence-electron chi connectivity index (χ2n) is 5.20. The summed E-state index contributed by atoms with van der Waals surface area (Å²) in [6.45, 7) is 5.64. The molecule has 0 saturated carbocycles. The number of rotatable bonds is 7. The van der Waals surface area contributed by atoms with Gasteiger partial charge in [0.1, 0.15) is 11.6 Å². The topological polar surface area (TPSA) is 113 Å². The molecule has 8 nitrogen and oxygen atoms in total. The van der Waals surface area contributed by atoms with Crippen LogP contribution >= 0.6 is 0 Å². The van der Waals surface area contributed by atoms with E-state index < -0.39 is 4.92 Å². The molecule has 8 heteroatoms. The van der Waals surface area contributed by atoms with Crippen LogP contribution in [-0.4, -0.2) is 29.1 Å². The van der Waals surface area contributed by atoms with E-state index in [9.17, 15) is 10.1 Å². The van der Waals surface area contributed by atoms with E-state index in [1.807, 2.05) is 6.07 Å². The quantitative estimate of drug-likeness (QED) is 0.457. The normalized spacial score (nSPS) is 9.65. The molecule has 0 aromatic carbocycles. The average molecular weight is 360 g/mol. The van der Waals surface area contributed by atoms with Crippen molar-refractivity contribution in [3.8, 4) is 11.5 Å². The molecule has 0 aliphatic carbocycles. The number of pyridine rings is 2. The summed E-state index contributed by atoms with van der Waals surface area (Å²) < 4.78 is 10.1. The second kappa shape index (κ2) is 10.7. The van der Waals surface area contributed by atoms with Crippen LogP contribution in [-0.2, 0) is 12.8 Å². The van der Waals surface area contributed by atoms with Crippen LogP contribution in [0.1, 0.15) is 24.7 Å². The predicted molar refractivity (Wildman–Crippen MR) is 101 cm³/mol. The summed E-state index contributed by atoms with van der Waals surface area (Å²) in [5.41, 5.74) is 7.01. The van der Waals surface area contributed by atoms with Crippen LogP contribution in [0.5, 0.6) is 11.5 Å². The summed E-state index contributed by atoms with van der Waals surface area (Å²) in [6.07, 6.45) is 4.03. The van der Waals surface area contributed by atoms with E-state index in [-0.39, 0.29) is 5.82 Å². The number of anilines is 1. The maximum atomic E-state index is 10.4. The smallest absolute Gasteiger partial charge is 0.363 e. The molecule has 0 amide bonds. The Morgan fingerprint density at radius 2 is 1.77 bits per heavy atom. The summed E-state index contributed by atoms with van der Waals surface area (Å²) in [4.78, 5) is 17.9. The molecule has 2 N–H and O–H groups in total. The van der Waals surface area contributed by atoms with Gasteiger partial charge in [-0.1, -0.05) is 19.4 Å². The third kappa shape index (κ3) is 6.04. The summed E-state index contributed by atoms with van der Waals surface area (Å²) in [5.74, 6) is 1.74. The zero-order valence-corrected chi connectivity index (χ0v) is 15.3. The van der Waals surface area contributed by atoms with Gasteiger partial charge in [0.15, 0.2) is 11.4 Å². The van der Waals surface area contributed by atoms with E-state index in [1.165, 1.54) is 19.2 Å². The standard InChI is InChI=1S/C9H10N2O3.C9H14N2O/c1-3-4-7-8(14-2)5-6-9(10-7)11(12)13;1-3-4-7-8(12-2)5-6-9(10)11-7/h3,5-6H,1,4H2,2H3;5-6H,3-4H2,1-2H3,(H2,10,11). The highest BCUT2D eigenvalue weighted by atomic mass is 16.6. The molecule has 2 rings (SSSR count). The van der Waals surface area contributed by atoms with Gasteiger partial charge in [0.2, 0.25) is 0 Å². The predicted octanol–water partition coefficient (Wildman–Crippen LogP) is 3.35. The number of nitrogens with two attached hydrogens (primary N) is 1. The van der Waals surface area contributed by atoms with E-state index >= 15 is 0 Å². The number of nitro groups is 1. The summed E-state index contributed by atoms with van der Waals surface area (Å²) >= 11 is 0. The molecule has 140 valence electrons. The number of aromatic nitrogens is 2. The van der Waals surface area contributed by atoms with Crippen molar-refractivity contribution in [3.63, 3.8) is 0 Å². The Labute approximate surface area is 152 Å². The van der Waals surface area contributed by atoms with E-state index in [4.69, 9.17) is 15.2 Å². The SMILES string of the molecule is C=CCc1nc([N+](=O)[O-])ccc1OC.CCCc1nc(N)ccc1OC. The van der Waals surface area contributed by atoms with Crippen LogP contribution in [0.3, 0.4) is 0 Å². The van der Waals surface area contributed by atoms with Crippen molar-refractivity contribution in [3.05, 3.63) is 58.4 Å². The Bertz CT molecular complexity index is 750. The third-order valence-electron chi connectivity index (χ3n) is 3.32. The molecule has 0 unspecified atom stereocenters. The van der Waals surface area contributed by atoms with Gasteiger partial charge in [0, 0.05) is 12.5 Å². The monoisotopic (exact) mass is 360 g/mol. The van der Waals surface area contributed by atoms with E-state index in [0.29, 0.717) is 23.7 Å². The Morgan fingerprint density at radius 3 is 2.31 bits per heavy atom. The highest BCUT2D eigenvalue weighted by molar-refractivity contribution is 5.38. The van der Waals surface area contributed by atoms with Crippen molar-refractivity contribution in [2.45, 2.75) is 26.2 Å². The van der Waals surface area contributed by atoms with Crippen molar-refractivity contribution >= 4 is 11.6 Å². The van der Waals surface area contributed by atoms with Gasteiger partial charge in [0.05, 0.1) is 19.9 Å². The Hall–Kier alpha value is -3.16. The Morgan fingerprint density at radius 1 is 1.15 bits per heavy atom. The second-order valence-corrected chi connectivity index (χ2v) is 5.20. The van der Waals surface area contributed by atoms with Crippen LogP contribution in [0.15, 0.2) is 36.9 Å². The van der Waals surface area contributed by atoms with Crippen molar-refractivity contribution in [1.82, 2.24) is 9.97 Å². The largest absolute Gasteiger partial charge is 0.495 e. The number of methoxy groups -OCH3 is 2. The maximum absolute atomic E-state index is 10.4. The highest BCUT2D eigenvalue weighted by Gasteiger charge is 2.14. The number of hydrogen-bond donors (Lipinski definition) is 1. The molecule has 0 saturated heterocycles. The van der Waals surface area contributed by atoms with Gasteiger partial charge in [-0.05, 0) is 34.5 Å². The van der Waals surface area contributed by atoms with E-state index in [2.05, 4.69) is 23.5 Å². The first kappa shape index (κ1) is 20.9. The molecule has 0 bridgehead atoms. The molecule has 0 aliphatic heterocycles. The minimum Gasteiger partial charge on any atom is -0.495 e. The van der Waals surface area contributed by atoms with Crippen molar-refractivity contribution in [2.24, 2.45) is 0 Å². The van der Waals surface area contributed by atoms with Crippen LogP contribution in [0.25, 0.3) is 0 Å². The summed E-state index contributed by atoms with van der Waals surface area (Å²) in [7, 11) is 3.14. The Kier molecular flexibility index (Phi) is 8.56. The van der Waals surface area contributed by atoms with E-state index in [1.54, 1.807) is 19.3 Å². The average Bonchev–Trinajstić information content (AvgIpc) is 2.63. The van der Waals surface area contributed by atoms with Crippen molar-refractivity contribution in [1.29, 1.82) is 0 Å². The molecular formula is C18H24N4O4. The first-order valence-corrected chi connectivity index (χ1v) is 8.05. The van der Waals surface area contributed by atoms with Crippen molar-refractivity contribution < 1.29 is 14.4 Å². The number of aryl methyl sites for hydroxylation is 1. The number of ether oxygens (including phenoxy) is 2. The molecule has 2 aromatic heterocycles. The lowest BCUT2D eigenvalue weighted by molar-refractivity contribution is -0.389. The number of hydrogen-bond acceptors (Lipinski definition) is 7. The summed E-state index contributed by atoms with van der Waals surface area (Å²) in [6, 6.07) is 6.45. The molecule has 0 radical (unpaired) electrons. The zero-order chi connectivity index (χ0) is 19.5. The molecule has 0 atom stereocenters. The molecule has 2 aromatic rings. The fraction of sp³-hybridized carbons (Fsp3) is 0.333. The van der Waals surface area contributed by atoms with E-state index in [0.717, 1.165) is 24.3 Å². The lowest BCUT2D eigenvalue weighted by atomic mass is 10.2. The molecule has 0 aliphatic rings. The van der Waals surface area contributed by atoms with Gasteiger partial charge in [-0.25, -0.2) is 4.98 Å². The third-order valence-corrected chi connectivity index (χ3v) is 3.32. The fourth-order valence-corrected chi connectivity index (χ4v) is 2.15. The van der Waals surface area contributed by atoms with Gasteiger partial charge < -0.3 is 25.3 Å². The van der Waals surface area contributed by atoms with Crippen LogP contribution in [0.4, 0.5) is 11.6 Å². The zero-order valence-electron chi connectivity index (χ0n) is 15.3. The number of allylic oxidation sites excluding steroid dienone is 1. The molecule has 2 heterocycles. The lowest BCUT2D eigenvalue weighted by Crippen LogP contribution is -1.98. The molecule has 0 spiro atoms. The highest BCUT2D eigenvalue weighted by Crippen LogP contribution is 2.20. The molecular weight excluding hydrogens is 336 g/mol. The fourth-order valence-electron chi connectivity index (χ4n) is 2.15. The molecule has 26 heavy (non-hydrogen) atoms. The van der Waals surface area contributed by atoms with Crippen LogP contribution < -0.4 is 15.2 Å². The maximum Gasteiger partial charge on any atom is 0.363 e.